The molecule has 2 unspecified atom stereocenters. The molecule has 0 aliphatic rings. The first-order chi connectivity index (χ1) is 24.1. The van der Waals surface area contributed by atoms with E-state index in [-0.39, 0.29) is 23.0 Å². The van der Waals surface area contributed by atoms with E-state index in [0.29, 0.717) is 5.56 Å². The first kappa shape index (κ1) is 45.6. The van der Waals surface area contributed by atoms with Crippen LogP contribution in [0.4, 0.5) is 0 Å². The van der Waals surface area contributed by atoms with Crippen LogP contribution in [0.5, 0.6) is 0 Å². The first-order valence-corrected chi connectivity index (χ1v) is 24.9. The van der Waals surface area contributed by atoms with Gasteiger partial charge in [-0.05, 0) is 86.7 Å². The predicted molar refractivity (Wildman–Crippen MR) is 220 cm³/mol. The van der Waals surface area contributed by atoms with E-state index in [0.717, 1.165) is 41.3 Å². The summed E-state index contributed by atoms with van der Waals surface area (Å²) < 4.78 is 20.1. The molecular weight excluding hydrogens is 683 g/mol. The number of hydrogen-bond acceptors (Lipinski definition) is 6. The van der Waals surface area contributed by atoms with Crippen molar-refractivity contribution >= 4 is 28.5 Å². The zero-order valence-corrected chi connectivity index (χ0v) is 37.1. The number of carbonyl (C=O) groups is 2. The number of esters is 1. The number of ether oxygens (including phenoxy) is 1. The first-order valence-electron chi connectivity index (χ1n) is 19.4. The second-order valence-corrected chi connectivity index (χ2v) is 26.3. The maximum Gasteiger partial charge on any atom is 0.337 e. The molecule has 0 saturated heterocycles. The second kappa shape index (κ2) is 19.2. The fourth-order valence-corrected chi connectivity index (χ4v) is 11.0. The van der Waals surface area contributed by atoms with E-state index in [1.54, 1.807) is 12.1 Å². The molecule has 7 nitrogen and oxygen atoms in total. The predicted octanol–water partition coefficient (Wildman–Crippen LogP) is 10.6. The Bertz CT molecular complexity index is 1440. The molecule has 0 radical (unpaired) electrons. The van der Waals surface area contributed by atoms with Gasteiger partial charge < -0.3 is 24.0 Å². The summed E-state index contributed by atoms with van der Waals surface area (Å²) in [5.41, 5.74) is 2.58. The molecule has 2 aromatic carbocycles. The standard InChI is InChI=1S/C43H71NO6Si2/c1-16-36(49-52(17-2,18-3)19-4)43(12,13)39(45)32(7)30(5)31(6)33(8)48-41(47)38(50-51(14,15)42(9,10)11)37(34-26-22-20-23-27-34)44-40(46)35-28-24-21-25-29-35/h20-29,32-33,36-39,45H,16-19H2,1-15H3,(H,44,46)/b31-30+/t32-,33?,36?,37-,38+,39-/m0/s1. The van der Waals surface area contributed by atoms with Crippen LogP contribution in [0, 0.1) is 11.3 Å². The van der Waals surface area contributed by atoms with Gasteiger partial charge in [0, 0.05) is 16.9 Å². The van der Waals surface area contributed by atoms with Crippen molar-refractivity contribution in [2.24, 2.45) is 11.3 Å². The monoisotopic (exact) mass is 753 g/mol. The van der Waals surface area contributed by atoms with E-state index >= 15 is 0 Å². The number of aliphatic hydroxyl groups is 1. The summed E-state index contributed by atoms with van der Waals surface area (Å²) >= 11 is 0. The summed E-state index contributed by atoms with van der Waals surface area (Å²) in [4.78, 5) is 28.1. The van der Waals surface area contributed by atoms with Crippen LogP contribution in [-0.2, 0) is 18.4 Å². The number of benzene rings is 2. The van der Waals surface area contributed by atoms with E-state index in [1.165, 1.54) is 0 Å². The number of hydrogen-bond donors (Lipinski definition) is 2. The third-order valence-electron chi connectivity index (χ3n) is 12.2. The molecule has 0 bridgehead atoms. The lowest BCUT2D eigenvalue weighted by Crippen LogP contribution is -2.52. The van der Waals surface area contributed by atoms with Crippen molar-refractivity contribution in [3.8, 4) is 0 Å². The highest BCUT2D eigenvalue weighted by atomic mass is 28.4. The normalized spacial score (nSPS) is 16.9. The molecule has 0 heterocycles. The van der Waals surface area contributed by atoms with Crippen molar-refractivity contribution in [1.29, 1.82) is 0 Å². The summed E-state index contributed by atoms with van der Waals surface area (Å²) in [5, 5.41) is 14.9. The molecular formula is C43H71NO6Si2. The van der Waals surface area contributed by atoms with Gasteiger partial charge in [-0.1, -0.05) is 123 Å². The number of carbonyl (C=O) groups excluding carboxylic acids is 2. The van der Waals surface area contributed by atoms with Crippen LogP contribution in [0.2, 0.25) is 36.3 Å². The highest BCUT2D eigenvalue weighted by Crippen LogP contribution is 2.41. The van der Waals surface area contributed by atoms with Gasteiger partial charge in [0.05, 0.1) is 18.2 Å². The maximum atomic E-state index is 14.5. The molecule has 9 heteroatoms. The van der Waals surface area contributed by atoms with E-state index in [2.05, 4.69) is 80.7 Å². The average Bonchev–Trinajstić information content (AvgIpc) is 3.12. The Morgan fingerprint density at radius 3 is 1.75 bits per heavy atom. The largest absolute Gasteiger partial charge is 0.456 e. The summed E-state index contributed by atoms with van der Waals surface area (Å²) in [5.74, 6) is -1.06. The molecule has 2 N–H and O–H groups in total. The molecule has 6 atom stereocenters. The van der Waals surface area contributed by atoms with Crippen molar-refractivity contribution in [2.75, 3.05) is 0 Å². The van der Waals surface area contributed by atoms with Crippen molar-refractivity contribution in [2.45, 2.75) is 163 Å². The third kappa shape index (κ3) is 11.2. The number of amides is 1. The maximum absolute atomic E-state index is 14.5. The van der Waals surface area contributed by atoms with Crippen LogP contribution in [0.15, 0.2) is 71.8 Å². The lowest BCUT2D eigenvalue weighted by Gasteiger charge is -2.45. The average molecular weight is 754 g/mol. The topological polar surface area (TPSA) is 94.1 Å². The van der Waals surface area contributed by atoms with Crippen molar-refractivity contribution < 1.29 is 28.3 Å². The van der Waals surface area contributed by atoms with Gasteiger partial charge in [-0.2, -0.15) is 0 Å². The molecule has 0 aliphatic heterocycles. The highest BCUT2D eigenvalue weighted by Gasteiger charge is 2.46. The van der Waals surface area contributed by atoms with Gasteiger partial charge in [0.2, 0.25) is 0 Å². The summed E-state index contributed by atoms with van der Waals surface area (Å²) in [6, 6.07) is 20.8. The Morgan fingerprint density at radius 1 is 0.788 bits per heavy atom. The van der Waals surface area contributed by atoms with Crippen LogP contribution in [-0.4, -0.2) is 58.0 Å². The van der Waals surface area contributed by atoms with Gasteiger partial charge in [-0.25, -0.2) is 4.79 Å². The van der Waals surface area contributed by atoms with Crippen LogP contribution in [0.25, 0.3) is 0 Å². The zero-order valence-electron chi connectivity index (χ0n) is 35.1. The second-order valence-electron chi connectivity index (χ2n) is 16.8. The van der Waals surface area contributed by atoms with Crippen molar-refractivity contribution in [1.82, 2.24) is 5.32 Å². The molecule has 292 valence electrons. The van der Waals surface area contributed by atoms with Crippen molar-refractivity contribution in [3.05, 3.63) is 82.9 Å². The minimum atomic E-state index is -2.56. The smallest absolute Gasteiger partial charge is 0.337 e. The summed E-state index contributed by atoms with van der Waals surface area (Å²) in [6.45, 7) is 31.5. The molecule has 0 aliphatic carbocycles. The Labute approximate surface area is 318 Å². The Morgan fingerprint density at radius 2 is 1.29 bits per heavy atom. The molecule has 0 saturated carbocycles. The molecule has 0 spiro atoms. The number of aliphatic hydroxyl groups excluding tert-OH is 1. The summed E-state index contributed by atoms with van der Waals surface area (Å²) in [6.07, 6.45) is -1.64. The summed E-state index contributed by atoms with van der Waals surface area (Å²) in [7, 11) is -4.45. The quantitative estimate of drug-likeness (QED) is 0.0843. The SMILES string of the molecule is CCC(O[Si](CC)(CC)CC)C(C)(C)[C@@H](O)[C@@H](C)/C(C)=C(\C)C(C)OC(=O)[C@H](O[Si](C)(C)C(C)(C)C)[C@@H](NC(=O)c1ccccc1)c1ccccc1. The van der Waals surface area contributed by atoms with Crippen molar-refractivity contribution in [3.63, 3.8) is 0 Å². The van der Waals surface area contributed by atoms with E-state index in [9.17, 15) is 14.7 Å². The minimum absolute atomic E-state index is 0.0749. The molecule has 2 aromatic rings. The Hall–Kier alpha value is -2.57. The molecule has 0 fully saturated rings. The van der Waals surface area contributed by atoms with Crippen LogP contribution in [0.1, 0.15) is 118 Å². The number of rotatable bonds is 19. The van der Waals surface area contributed by atoms with Gasteiger partial charge in [0.1, 0.15) is 6.10 Å². The van der Waals surface area contributed by atoms with Gasteiger partial charge >= 0.3 is 5.97 Å². The van der Waals surface area contributed by atoms with Gasteiger partial charge in [-0.15, -0.1) is 0 Å². The zero-order chi connectivity index (χ0) is 39.7. The third-order valence-corrected chi connectivity index (χ3v) is 21.3. The van der Waals surface area contributed by atoms with E-state index in [4.69, 9.17) is 13.6 Å². The Kier molecular flexibility index (Phi) is 16.8. The number of nitrogens with one attached hydrogen (secondary N) is 1. The van der Waals surface area contributed by atoms with Gasteiger partial charge in [0.25, 0.3) is 5.91 Å². The molecule has 2 rings (SSSR count). The molecule has 52 heavy (non-hydrogen) atoms. The van der Waals surface area contributed by atoms with E-state index < -0.39 is 52.4 Å². The fourth-order valence-electron chi connectivity index (χ4n) is 6.70. The lowest BCUT2D eigenvalue weighted by atomic mass is 9.72. The van der Waals surface area contributed by atoms with Crippen LogP contribution in [0.3, 0.4) is 0 Å². The lowest BCUT2D eigenvalue weighted by molar-refractivity contribution is -0.157. The van der Waals surface area contributed by atoms with E-state index in [1.807, 2.05) is 76.2 Å². The highest BCUT2D eigenvalue weighted by molar-refractivity contribution is 6.74. The molecule has 1 amide bonds. The molecule has 0 aromatic heterocycles. The fraction of sp³-hybridized carbons (Fsp3) is 0.628. The Balaban J connectivity index is 2.50. The van der Waals surface area contributed by atoms with Gasteiger partial charge in [-0.3, -0.25) is 4.79 Å². The minimum Gasteiger partial charge on any atom is -0.456 e. The van der Waals surface area contributed by atoms with Crippen LogP contribution >= 0.6 is 0 Å². The van der Waals surface area contributed by atoms with Gasteiger partial charge in [0.15, 0.2) is 22.7 Å². The van der Waals surface area contributed by atoms with Crippen LogP contribution < -0.4 is 5.32 Å².